The number of pyridine rings is 1. The highest BCUT2D eigenvalue weighted by Gasteiger charge is 2.47. The second-order valence-electron chi connectivity index (χ2n) is 21.2. The summed E-state index contributed by atoms with van der Waals surface area (Å²) in [7, 11) is 0. The molecule has 3 aromatic carbocycles. The standard InChI is InChI=1S/C57H58F2N10O6S/c1-4-42-45(58)14-11-36-22-39(70)23-43(49(36)42)51-50(59)52-44(28-60-51)54(68-29-37-12-13-38(30-68)63-37)65-56(64-52)73-21-20-67-18-15-57(16-19-67)26-41(27-57)74-47-24-40(75-66-47)25-48(71)69-17-5-6-46(69)55(72)62-32(2)34-7-9-35(10-8-34)53-33(3)61-31-76-53/h1,7-11,14,22-24,28,31-32,37-38,41,46,63,70H,5-6,12-13,15-21,25-27,29-30H2,2-3H3,(H,62,72). The van der Waals surface area contributed by atoms with E-state index in [1.165, 1.54) is 30.5 Å². The van der Waals surface area contributed by atoms with Gasteiger partial charge in [0.1, 0.15) is 53.1 Å². The second-order valence-corrected chi connectivity index (χ2v) is 22.1. The highest BCUT2D eigenvalue weighted by molar-refractivity contribution is 7.13. The van der Waals surface area contributed by atoms with Crippen LogP contribution < -0.4 is 25.0 Å². The Hall–Kier alpha value is -7.27. The molecule has 7 aromatic rings. The number of nitrogens with zero attached hydrogens (tertiary/aromatic N) is 8. The minimum atomic E-state index is -0.757. The van der Waals surface area contributed by atoms with Crippen molar-refractivity contribution in [2.45, 2.75) is 102 Å². The molecule has 1 saturated carbocycles. The van der Waals surface area contributed by atoms with Gasteiger partial charge in [0.2, 0.25) is 11.8 Å². The van der Waals surface area contributed by atoms with Crippen molar-refractivity contribution in [2.75, 3.05) is 50.8 Å². The number of halogens is 2. The molecule has 392 valence electrons. The van der Waals surface area contributed by atoms with Gasteiger partial charge in [-0.25, -0.2) is 13.8 Å². The number of ether oxygens (including phenoxy) is 2. The van der Waals surface area contributed by atoms with Crippen molar-refractivity contribution in [3.63, 3.8) is 0 Å². The van der Waals surface area contributed by atoms with E-state index in [0.717, 1.165) is 79.7 Å². The number of aryl methyl sites for hydroxylation is 1. The van der Waals surface area contributed by atoms with Gasteiger partial charge >= 0.3 is 6.01 Å². The number of hydrogen-bond acceptors (Lipinski definition) is 15. The molecule has 3 N–H and O–H groups in total. The number of terminal acetylenes is 1. The van der Waals surface area contributed by atoms with Crippen LogP contribution in [0.3, 0.4) is 0 Å². The predicted molar refractivity (Wildman–Crippen MR) is 283 cm³/mol. The van der Waals surface area contributed by atoms with Gasteiger partial charge in [-0.1, -0.05) is 36.3 Å². The van der Waals surface area contributed by atoms with Crippen molar-refractivity contribution >= 4 is 50.6 Å². The molecule has 12 rings (SSSR count). The van der Waals surface area contributed by atoms with Crippen LogP contribution >= 0.6 is 11.3 Å². The van der Waals surface area contributed by atoms with E-state index in [0.29, 0.717) is 60.8 Å². The monoisotopic (exact) mass is 1050 g/mol. The molecule has 5 fully saturated rings. The Balaban J connectivity index is 0.638. The van der Waals surface area contributed by atoms with Crippen LogP contribution in [0.4, 0.5) is 14.6 Å². The van der Waals surface area contributed by atoms with Crippen LogP contribution in [0.15, 0.2) is 70.8 Å². The number of carbonyl (C=O) groups excluding carboxylic acids is 2. The number of phenols is 1. The lowest BCUT2D eigenvalue weighted by Gasteiger charge is -2.51. The summed E-state index contributed by atoms with van der Waals surface area (Å²) in [6, 6.07) is 15.2. The van der Waals surface area contributed by atoms with Gasteiger partial charge in [-0.05, 0) is 124 Å². The minimum absolute atomic E-state index is 0.00651. The number of likely N-dealkylation sites (tertiary alicyclic amines) is 2. The highest BCUT2D eigenvalue weighted by atomic mass is 32.1. The lowest BCUT2D eigenvalue weighted by Crippen LogP contribution is -2.51. The molecular weight excluding hydrogens is 991 g/mol. The summed E-state index contributed by atoms with van der Waals surface area (Å²) in [6.45, 7) is 8.46. The smallest absolute Gasteiger partial charge is 0.319 e. The van der Waals surface area contributed by atoms with Crippen LogP contribution in [0.5, 0.6) is 17.6 Å². The van der Waals surface area contributed by atoms with Crippen molar-refractivity contribution in [2.24, 2.45) is 5.41 Å². The largest absolute Gasteiger partial charge is 0.508 e. The molecular formula is C57H58F2N10O6S. The molecule has 0 radical (unpaired) electrons. The number of thiazole rings is 1. The number of phenolic OH excluding ortho intramolecular Hbond substituents is 1. The Morgan fingerprint density at radius 2 is 1.82 bits per heavy atom. The van der Waals surface area contributed by atoms with Gasteiger partial charge in [0.05, 0.1) is 39.5 Å². The van der Waals surface area contributed by atoms with E-state index in [9.17, 15) is 14.7 Å². The van der Waals surface area contributed by atoms with Crippen molar-refractivity contribution in [1.29, 1.82) is 0 Å². The Morgan fingerprint density at radius 3 is 2.57 bits per heavy atom. The fourth-order valence-electron chi connectivity index (χ4n) is 12.2. The molecule has 76 heavy (non-hydrogen) atoms. The van der Waals surface area contributed by atoms with E-state index in [1.54, 1.807) is 22.3 Å². The molecule has 19 heteroatoms. The van der Waals surface area contributed by atoms with Gasteiger partial charge in [0.15, 0.2) is 5.82 Å². The van der Waals surface area contributed by atoms with Gasteiger partial charge in [-0.3, -0.25) is 19.5 Å². The molecule has 4 aromatic heterocycles. The molecule has 1 spiro atoms. The van der Waals surface area contributed by atoms with Gasteiger partial charge in [-0.2, -0.15) is 9.97 Å². The first kappa shape index (κ1) is 49.6. The summed E-state index contributed by atoms with van der Waals surface area (Å²) in [5, 5.41) is 22.7. The number of amides is 2. The van der Waals surface area contributed by atoms with Crippen molar-refractivity contribution in [3.05, 3.63) is 101 Å². The molecule has 4 atom stereocenters. The third-order valence-corrected chi connectivity index (χ3v) is 17.3. The third kappa shape index (κ3) is 9.66. The average Bonchev–Trinajstić information content (AvgIpc) is 4.30. The highest BCUT2D eigenvalue weighted by Crippen LogP contribution is 2.50. The molecule has 8 heterocycles. The molecule has 2 bridgehead atoms. The van der Waals surface area contributed by atoms with Crippen LogP contribution in [0.1, 0.15) is 86.9 Å². The first-order valence-corrected chi connectivity index (χ1v) is 27.1. The van der Waals surface area contributed by atoms with E-state index in [4.69, 9.17) is 25.4 Å². The number of piperazine rings is 1. The third-order valence-electron chi connectivity index (χ3n) is 16.3. The van der Waals surface area contributed by atoms with Crippen LogP contribution in [0.2, 0.25) is 0 Å². The molecule has 1 aliphatic carbocycles. The molecule has 2 amide bonds. The van der Waals surface area contributed by atoms with Crippen LogP contribution in [0.25, 0.3) is 43.4 Å². The Kier molecular flexibility index (Phi) is 13.3. The lowest BCUT2D eigenvalue weighted by atomic mass is 9.61. The fraction of sp³-hybridized carbons (Fsp3) is 0.421. The molecule has 4 saturated heterocycles. The Bertz CT molecular complexity index is 3390. The quantitative estimate of drug-likeness (QED) is 0.0885. The summed E-state index contributed by atoms with van der Waals surface area (Å²) in [4.78, 5) is 52.7. The first-order chi connectivity index (χ1) is 36.9. The molecule has 16 nitrogen and oxygen atoms in total. The number of piperidine rings is 1. The molecule has 5 aliphatic rings. The summed E-state index contributed by atoms with van der Waals surface area (Å²) in [5.41, 5.74) is 5.04. The molecule has 4 unspecified atom stereocenters. The normalized spacial score (nSPS) is 20.8. The summed E-state index contributed by atoms with van der Waals surface area (Å²) in [6.07, 6.45) is 14.4. The minimum Gasteiger partial charge on any atom is -0.508 e. The average molecular weight is 1050 g/mol. The van der Waals surface area contributed by atoms with E-state index in [1.807, 2.05) is 31.5 Å². The summed E-state index contributed by atoms with van der Waals surface area (Å²) < 4.78 is 50.1. The van der Waals surface area contributed by atoms with Crippen LogP contribution in [-0.2, 0) is 16.0 Å². The number of nitrogens with one attached hydrogen (secondary N) is 2. The number of carbonyl (C=O) groups is 2. The number of rotatable bonds is 14. The van der Waals surface area contributed by atoms with Crippen molar-refractivity contribution in [3.8, 4) is 51.7 Å². The Morgan fingerprint density at radius 1 is 1.03 bits per heavy atom. The van der Waals surface area contributed by atoms with Gasteiger partial charge in [0, 0.05) is 61.5 Å². The van der Waals surface area contributed by atoms with E-state index in [2.05, 4.69) is 58.6 Å². The van der Waals surface area contributed by atoms with Gasteiger partial charge in [-0.15, -0.1) is 17.8 Å². The summed E-state index contributed by atoms with van der Waals surface area (Å²) >= 11 is 1.60. The van der Waals surface area contributed by atoms with E-state index in [-0.39, 0.29) is 94.0 Å². The predicted octanol–water partition coefficient (Wildman–Crippen LogP) is 8.28. The van der Waals surface area contributed by atoms with E-state index >= 15 is 8.78 Å². The summed E-state index contributed by atoms with van der Waals surface area (Å²) in [5.74, 6) is 1.79. The SMILES string of the molecule is C#Cc1c(F)ccc2cc(O)cc(-c3ncc4c(N5CC6CCC(C5)N6)nc(OCCN5CCC6(CC5)CC(Oc5cc(CC(=O)N7CCCC7C(=O)NC(C)c7ccc(-c8scnc8C)cc7)on5)C6)nc4c3F)c12. The van der Waals surface area contributed by atoms with Crippen LogP contribution in [0, 0.1) is 36.3 Å². The number of hydrogen-bond donors (Lipinski definition) is 3. The number of benzene rings is 3. The van der Waals surface area contributed by atoms with Crippen molar-refractivity contribution < 1.29 is 37.5 Å². The zero-order chi connectivity index (χ0) is 52.2. The van der Waals surface area contributed by atoms with Gasteiger partial charge < -0.3 is 39.5 Å². The second kappa shape index (κ2) is 20.4. The van der Waals surface area contributed by atoms with Crippen LogP contribution in [-0.4, -0.2) is 122 Å². The maximum atomic E-state index is 17.0. The topological polar surface area (TPSA) is 184 Å². The number of fused-ring (bicyclic) bond motifs is 4. The maximum Gasteiger partial charge on any atom is 0.319 e. The Labute approximate surface area is 442 Å². The molecule has 4 aliphatic heterocycles. The zero-order valence-electron chi connectivity index (χ0n) is 42.4. The zero-order valence-corrected chi connectivity index (χ0v) is 43.2. The van der Waals surface area contributed by atoms with Gasteiger partial charge in [0.25, 0.3) is 5.88 Å². The number of aromatic hydroxyl groups is 1. The maximum absolute atomic E-state index is 17.0. The number of anilines is 1. The number of aromatic nitrogens is 5. The first-order valence-electron chi connectivity index (χ1n) is 26.2. The fourth-order valence-corrected chi connectivity index (χ4v) is 13.1. The van der Waals surface area contributed by atoms with E-state index < -0.39 is 17.7 Å². The lowest BCUT2D eigenvalue weighted by molar-refractivity contribution is -0.138. The van der Waals surface area contributed by atoms with Crippen molar-refractivity contribution in [1.82, 2.24) is 45.5 Å².